The summed E-state index contributed by atoms with van der Waals surface area (Å²) < 4.78 is 27.6. The molecule has 1 aromatic carbocycles. The summed E-state index contributed by atoms with van der Waals surface area (Å²) in [5.74, 6) is -0.971. The average Bonchev–Trinajstić information content (AvgIpc) is 3.13. The Labute approximate surface area is 292 Å². The van der Waals surface area contributed by atoms with Gasteiger partial charge >= 0.3 is 0 Å². The highest BCUT2D eigenvalue weighted by molar-refractivity contribution is 7.91. The van der Waals surface area contributed by atoms with Gasteiger partial charge in [-0.05, 0) is 74.6 Å². The van der Waals surface area contributed by atoms with Crippen LogP contribution < -0.4 is 15.5 Å². The van der Waals surface area contributed by atoms with E-state index in [1.807, 2.05) is 38.9 Å². The number of sulfone groups is 1. The van der Waals surface area contributed by atoms with Gasteiger partial charge in [-0.25, -0.2) is 8.42 Å². The van der Waals surface area contributed by atoms with E-state index in [0.29, 0.717) is 49.1 Å². The number of anilines is 1. The molecule has 13 heteroatoms. The molecular formula is C36H59N3O9S. The molecule has 0 saturated carbocycles. The molecule has 278 valence electrons. The predicted octanol–water partition coefficient (Wildman–Crippen LogP) is 1.90. The number of aliphatic hydroxyl groups excluding tert-OH is 6. The molecule has 1 aliphatic heterocycles. The Bertz CT molecular complexity index is 1400. The van der Waals surface area contributed by atoms with E-state index in [4.69, 9.17) is 5.11 Å². The predicted molar refractivity (Wildman–Crippen MR) is 192 cm³/mol. The lowest BCUT2D eigenvalue weighted by atomic mass is 9.69. The maximum atomic E-state index is 13.8. The van der Waals surface area contributed by atoms with E-state index in [2.05, 4.69) is 17.2 Å². The lowest BCUT2D eigenvalue weighted by Crippen LogP contribution is -2.49. The van der Waals surface area contributed by atoms with Crippen LogP contribution in [0.25, 0.3) is 0 Å². The molecule has 0 unspecified atom stereocenters. The van der Waals surface area contributed by atoms with Crippen LogP contribution in [0.2, 0.25) is 0 Å². The van der Waals surface area contributed by atoms with Crippen molar-refractivity contribution in [2.75, 3.05) is 44.4 Å². The number of nitrogens with one attached hydrogen (secondary N) is 2. The molecular weight excluding hydrogens is 650 g/mol. The molecule has 12 nitrogen and oxygen atoms in total. The van der Waals surface area contributed by atoms with E-state index in [1.54, 1.807) is 37.3 Å². The van der Waals surface area contributed by atoms with Crippen LogP contribution >= 0.6 is 0 Å². The molecule has 0 radical (unpaired) electrons. The van der Waals surface area contributed by atoms with Gasteiger partial charge in [0.15, 0.2) is 9.84 Å². The number of rotatable bonds is 20. The van der Waals surface area contributed by atoms with Gasteiger partial charge in [-0.2, -0.15) is 0 Å². The number of benzene rings is 1. The zero-order valence-corrected chi connectivity index (χ0v) is 30.5. The third-order valence-electron chi connectivity index (χ3n) is 9.41. The lowest BCUT2D eigenvalue weighted by molar-refractivity contribution is -0.120. The van der Waals surface area contributed by atoms with Crippen LogP contribution in [-0.2, 0) is 14.6 Å². The topological polar surface area (TPSA) is 200 Å². The minimum atomic E-state index is -3.70. The minimum Gasteiger partial charge on any atom is -0.394 e. The molecule has 1 aliphatic rings. The molecule has 49 heavy (non-hydrogen) atoms. The molecule has 0 aliphatic carbocycles. The Morgan fingerprint density at radius 3 is 2.39 bits per heavy atom. The fourth-order valence-corrected chi connectivity index (χ4v) is 8.51. The van der Waals surface area contributed by atoms with Crippen LogP contribution in [-0.4, -0.2) is 115 Å². The molecule has 1 amide bonds. The zero-order valence-electron chi connectivity index (χ0n) is 29.7. The van der Waals surface area contributed by atoms with Crippen molar-refractivity contribution < 1.29 is 43.9 Å². The van der Waals surface area contributed by atoms with Gasteiger partial charge in [0.25, 0.3) is 0 Å². The van der Waals surface area contributed by atoms with Crippen molar-refractivity contribution in [1.82, 2.24) is 10.6 Å². The van der Waals surface area contributed by atoms with Crippen molar-refractivity contribution in [1.29, 1.82) is 0 Å². The number of nitrogens with zero attached hydrogens (tertiary/aromatic N) is 1. The molecule has 0 bridgehead atoms. The van der Waals surface area contributed by atoms with Crippen LogP contribution in [0.3, 0.4) is 0 Å². The van der Waals surface area contributed by atoms with Crippen LogP contribution in [0.1, 0.15) is 77.2 Å². The average molecular weight is 710 g/mol. The number of hydrogen-bond acceptors (Lipinski definition) is 11. The Morgan fingerprint density at radius 2 is 1.78 bits per heavy atom. The first-order valence-electron chi connectivity index (χ1n) is 17.1. The van der Waals surface area contributed by atoms with Crippen molar-refractivity contribution in [2.45, 2.75) is 107 Å². The summed E-state index contributed by atoms with van der Waals surface area (Å²) in [6.07, 6.45) is 2.18. The van der Waals surface area contributed by atoms with Crippen molar-refractivity contribution >= 4 is 21.4 Å². The van der Waals surface area contributed by atoms with Crippen molar-refractivity contribution in [3.05, 3.63) is 59.8 Å². The van der Waals surface area contributed by atoms with E-state index < -0.39 is 58.3 Å². The Kier molecular flexibility index (Phi) is 17.1. The summed E-state index contributed by atoms with van der Waals surface area (Å²) in [5, 5.41) is 65.6. The fraction of sp³-hybridized carbons (Fsp3) is 0.639. The summed E-state index contributed by atoms with van der Waals surface area (Å²) >= 11 is 0. The second kappa shape index (κ2) is 19.7. The van der Waals surface area contributed by atoms with E-state index in [1.165, 1.54) is 0 Å². The second-order valence-electron chi connectivity index (χ2n) is 13.4. The molecule has 0 fully saturated rings. The van der Waals surface area contributed by atoms with Gasteiger partial charge in [-0.3, -0.25) is 4.79 Å². The first-order valence-corrected chi connectivity index (χ1v) is 18.8. The standard InChI is InChI=1S/C36H59N3O9S/c1-7-9-18-36(8-2)23-49(47,48)30-17-16-26(39(5)6)20-27(30)32(35(36)46)24(3)13-12-14-25(4)38-31(43)15-10-11-19-37-21-28(41)33(44)34(45)29(42)22-40/h12-14,16-17,20,28-29,32-35,37,40-42,44-46H,3,7-11,15,18-19,21-23H2,1-2,4-6H3,(H,38,43)/b13-12-,25-14+/t28-,29+,32+,33+,34+,35+,36+/m0/s1. The van der Waals surface area contributed by atoms with Crippen molar-refractivity contribution in [3.63, 3.8) is 0 Å². The van der Waals surface area contributed by atoms with E-state index in [9.17, 15) is 38.7 Å². The summed E-state index contributed by atoms with van der Waals surface area (Å²) in [4.78, 5) is 14.6. The summed E-state index contributed by atoms with van der Waals surface area (Å²) in [6.45, 7) is 9.69. The third kappa shape index (κ3) is 11.7. The van der Waals surface area contributed by atoms with Crippen LogP contribution in [0, 0.1) is 5.41 Å². The number of carbonyl (C=O) groups excluding carboxylic acids is 1. The van der Waals surface area contributed by atoms with E-state index in [0.717, 1.165) is 18.5 Å². The van der Waals surface area contributed by atoms with Gasteiger partial charge in [-0.1, -0.05) is 45.4 Å². The first kappa shape index (κ1) is 42.5. The van der Waals surface area contributed by atoms with E-state index in [-0.39, 0.29) is 29.5 Å². The van der Waals surface area contributed by atoms with E-state index >= 15 is 0 Å². The molecule has 8 N–H and O–H groups in total. The molecule has 1 heterocycles. The summed E-state index contributed by atoms with van der Waals surface area (Å²) in [6, 6.07) is 5.26. The van der Waals surface area contributed by atoms with Gasteiger partial charge in [-0.15, -0.1) is 0 Å². The zero-order chi connectivity index (χ0) is 36.9. The molecule has 1 aromatic rings. The second-order valence-corrected chi connectivity index (χ2v) is 15.4. The number of aliphatic hydroxyl groups is 6. The first-order chi connectivity index (χ1) is 23.0. The fourth-order valence-electron chi connectivity index (χ4n) is 6.26. The number of amides is 1. The van der Waals surface area contributed by atoms with Crippen molar-refractivity contribution in [3.8, 4) is 0 Å². The van der Waals surface area contributed by atoms with Gasteiger partial charge in [0.2, 0.25) is 5.91 Å². The highest BCUT2D eigenvalue weighted by atomic mass is 32.2. The third-order valence-corrected chi connectivity index (χ3v) is 11.4. The normalized spacial score (nSPS) is 23.3. The Balaban J connectivity index is 2.07. The Hall–Kier alpha value is -2.62. The van der Waals surface area contributed by atoms with Gasteiger partial charge in [0, 0.05) is 49.8 Å². The maximum Gasteiger partial charge on any atom is 0.224 e. The quantitative estimate of drug-likeness (QED) is 0.0727. The van der Waals surface area contributed by atoms with Gasteiger partial charge < -0.3 is 46.2 Å². The molecule has 7 atom stereocenters. The van der Waals surface area contributed by atoms with Gasteiger partial charge in [0.05, 0.1) is 29.5 Å². The summed E-state index contributed by atoms with van der Waals surface area (Å²) in [5.41, 5.74) is 1.68. The number of unbranched alkanes of at least 4 members (excludes halogenated alkanes) is 2. The largest absolute Gasteiger partial charge is 0.394 e. The maximum absolute atomic E-state index is 13.8. The van der Waals surface area contributed by atoms with Gasteiger partial charge in [0.1, 0.15) is 18.3 Å². The highest BCUT2D eigenvalue weighted by Gasteiger charge is 2.49. The monoisotopic (exact) mass is 709 g/mol. The Morgan fingerprint density at radius 1 is 1.10 bits per heavy atom. The summed E-state index contributed by atoms with van der Waals surface area (Å²) in [7, 11) is 0.0608. The molecule has 0 saturated heterocycles. The SMILES string of the molecule is C=C(/C=C\C=C(/C)NC(=O)CCCCNC[C@H](O)[C@@H](O)[C@H](O)[C@H](O)CO)[C@@H]1c2cc(N(C)C)ccc2S(=O)(=O)C[C@@](CC)(CCCC)[C@@H]1O. The highest BCUT2D eigenvalue weighted by Crippen LogP contribution is 2.49. The van der Waals surface area contributed by atoms with Crippen molar-refractivity contribution in [2.24, 2.45) is 5.41 Å². The lowest BCUT2D eigenvalue weighted by Gasteiger charge is -2.39. The van der Waals surface area contributed by atoms with Crippen LogP contribution in [0.15, 0.2) is 59.2 Å². The molecule has 0 spiro atoms. The van der Waals surface area contributed by atoms with Crippen LogP contribution in [0.4, 0.5) is 5.69 Å². The number of allylic oxidation sites excluding steroid dienone is 4. The number of fused-ring (bicyclic) bond motifs is 1. The number of carbonyl (C=O) groups is 1. The molecule has 0 aromatic heterocycles. The molecule has 2 rings (SSSR count). The number of hydrogen-bond donors (Lipinski definition) is 8. The minimum absolute atomic E-state index is 0.0453. The van der Waals surface area contributed by atoms with Crippen LogP contribution in [0.5, 0.6) is 0 Å². The smallest absolute Gasteiger partial charge is 0.224 e.